The molecule has 7 heteroatoms. The predicted molar refractivity (Wildman–Crippen MR) is 94.4 cm³/mol. The Balaban J connectivity index is 1.90. The number of nitrogens with one attached hydrogen (secondary N) is 1. The minimum atomic E-state index is -0.288. The number of amides is 2. The van der Waals surface area contributed by atoms with Gasteiger partial charge in [-0.1, -0.05) is 17.7 Å². The number of anilines is 1. The number of ether oxygens (including phenoxy) is 1. The molecule has 1 aromatic carbocycles. The molecule has 132 valence electrons. The van der Waals surface area contributed by atoms with Crippen LogP contribution in [0.5, 0.6) is 0 Å². The van der Waals surface area contributed by atoms with E-state index in [1.807, 2.05) is 19.9 Å². The van der Waals surface area contributed by atoms with E-state index < -0.39 is 0 Å². The van der Waals surface area contributed by atoms with Gasteiger partial charge in [0.25, 0.3) is 0 Å². The number of piperazine rings is 1. The standard InChI is InChI=1S/C17H24ClN3O3/c1-4-24-17(23)21-9-7-20(8-10-21)13(3)16(22)19-15-11-14(18)6-5-12(15)2/h5-6,11,13H,4,7-10H2,1-3H3,(H,19,22)/t13-/m1/s1. The number of nitrogens with zero attached hydrogens (tertiary/aromatic N) is 2. The number of aryl methyl sites for hydroxylation is 1. The maximum atomic E-state index is 12.5. The summed E-state index contributed by atoms with van der Waals surface area (Å²) in [4.78, 5) is 27.9. The lowest BCUT2D eigenvalue weighted by Gasteiger charge is -2.36. The van der Waals surface area contributed by atoms with Gasteiger partial charge in [-0.15, -0.1) is 0 Å². The van der Waals surface area contributed by atoms with Gasteiger partial charge in [-0.05, 0) is 38.5 Å². The molecule has 2 rings (SSSR count). The Hall–Kier alpha value is -1.79. The van der Waals surface area contributed by atoms with Crippen LogP contribution in [0, 0.1) is 6.92 Å². The van der Waals surface area contributed by atoms with Gasteiger partial charge in [0.1, 0.15) is 0 Å². The molecule has 1 aromatic rings. The molecule has 2 amide bonds. The minimum Gasteiger partial charge on any atom is -0.450 e. The van der Waals surface area contributed by atoms with E-state index >= 15 is 0 Å². The monoisotopic (exact) mass is 353 g/mol. The molecule has 1 saturated heterocycles. The fourth-order valence-corrected chi connectivity index (χ4v) is 2.81. The molecule has 0 radical (unpaired) electrons. The fourth-order valence-electron chi connectivity index (χ4n) is 2.64. The average molecular weight is 354 g/mol. The van der Waals surface area contributed by atoms with Crippen LogP contribution >= 0.6 is 11.6 Å². The topological polar surface area (TPSA) is 61.9 Å². The quantitative estimate of drug-likeness (QED) is 0.904. The van der Waals surface area contributed by atoms with Crippen LogP contribution in [0.25, 0.3) is 0 Å². The van der Waals surface area contributed by atoms with Gasteiger partial charge in [0.2, 0.25) is 5.91 Å². The molecule has 0 unspecified atom stereocenters. The van der Waals surface area contributed by atoms with Gasteiger partial charge in [0, 0.05) is 36.9 Å². The maximum Gasteiger partial charge on any atom is 0.409 e. The van der Waals surface area contributed by atoms with Crippen LogP contribution in [-0.2, 0) is 9.53 Å². The third kappa shape index (κ3) is 4.61. The number of rotatable bonds is 4. The number of benzene rings is 1. The Kier molecular flexibility index (Phi) is 6.45. The second kappa shape index (κ2) is 8.35. The SMILES string of the molecule is CCOC(=O)N1CCN([C@H](C)C(=O)Nc2cc(Cl)ccc2C)CC1. The van der Waals surface area contributed by atoms with Gasteiger partial charge >= 0.3 is 6.09 Å². The number of hydrogen-bond donors (Lipinski definition) is 1. The van der Waals surface area contributed by atoms with E-state index in [-0.39, 0.29) is 18.0 Å². The van der Waals surface area contributed by atoms with Crippen molar-refractivity contribution < 1.29 is 14.3 Å². The van der Waals surface area contributed by atoms with Crippen molar-refractivity contribution in [2.75, 3.05) is 38.1 Å². The third-order valence-electron chi connectivity index (χ3n) is 4.22. The normalized spacial score (nSPS) is 16.6. The van der Waals surface area contributed by atoms with Crippen molar-refractivity contribution in [3.63, 3.8) is 0 Å². The number of carbonyl (C=O) groups excluding carboxylic acids is 2. The molecular formula is C17H24ClN3O3. The van der Waals surface area contributed by atoms with Crippen molar-refractivity contribution in [3.05, 3.63) is 28.8 Å². The van der Waals surface area contributed by atoms with Crippen molar-refractivity contribution in [2.24, 2.45) is 0 Å². The van der Waals surface area contributed by atoms with Crippen LogP contribution < -0.4 is 5.32 Å². The first-order valence-electron chi connectivity index (χ1n) is 8.15. The lowest BCUT2D eigenvalue weighted by atomic mass is 10.1. The van der Waals surface area contributed by atoms with Crippen molar-refractivity contribution in [1.82, 2.24) is 9.80 Å². The molecule has 0 bridgehead atoms. The second-order valence-corrected chi connectivity index (χ2v) is 6.28. The highest BCUT2D eigenvalue weighted by Gasteiger charge is 2.28. The summed E-state index contributed by atoms with van der Waals surface area (Å²) >= 11 is 5.99. The van der Waals surface area contributed by atoms with Crippen molar-refractivity contribution >= 4 is 29.3 Å². The van der Waals surface area contributed by atoms with Crippen molar-refractivity contribution in [2.45, 2.75) is 26.8 Å². The van der Waals surface area contributed by atoms with E-state index in [0.717, 1.165) is 11.3 Å². The van der Waals surface area contributed by atoms with E-state index in [1.54, 1.807) is 24.0 Å². The first-order chi connectivity index (χ1) is 11.4. The molecule has 1 atom stereocenters. The van der Waals surface area contributed by atoms with Crippen molar-refractivity contribution in [3.8, 4) is 0 Å². The number of carbonyl (C=O) groups is 2. The molecule has 0 saturated carbocycles. The second-order valence-electron chi connectivity index (χ2n) is 5.85. The molecule has 1 N–H and O–H groups in total. The maximum absolute atomic E-state index is 12.5. The summed E-state index contributed by atoms with van der Waals surface area (Å²) in [5, 5.41) is 3.52. The summed E-state index contributed by atoms with van der Waals surface area (Å²) in [5.41, 5.74) is 1.69. The van der Waals surface area contributed by atoms with Gasteiger partial charge in [-0.2, -0.15) is 0 Å². The summed E-state index contributed by atoms with van der Waals surface area (Å²) in [5.74, 6) is -0.0787. The summed E-state index contributed by atoms with van der Waals surface area (Å²) in [6, 6.07) is 5.14. The number of hydrogen-bond acceptors (Lipinski definition) is 4. The van der Waals surface area contributed by atoms with Crippen LogP contribution in [0.3, 0.4) is 0 Å². The van der Waals surface area contributed by atoms with Gasteiger partial charge in [-0.3, -0.25) is 9.69 Å². The molecule has 24 heavy (non-hydrogen) atoms. The van der Waals surface area contributed by atoms with E-state index in [9.17, 15) is 9.59 Å². The molecule has 1 aliphatic heterocycles. The summed E-state index contributed by atoms with van der Waals surface area (Å²) in [6.45, 7) is 8.36. The highest BCUT2D eigenvalue weighted by Crippen LogP contribution is 2.21. The van der Waals surface area contributed by atoms with Crippen LogP contribution in [-0.4, -0.2) is 60.6 Å². The first kappa shape index (κ1) is 18.5. The third-order valence-corrected chi connectivity index (χ3v) is 4.46. The molecular weight excluding hydrogens is 330 g/mol. The lowest BCUT2D eigenvalue weighted by molar-refractivity contribution is -0.121. The molecule has 1 heterocycles. The van der Waals surface area contributed by atoms with E-state index in [1.165, 1.54) is 0 Å². The largest absolute Gasteiger partial charge is 0.450 e. The van der Waals surface area contributed by atoms with Gasteiger partial charge in [0.05, 0.1) is 12.6 Å². The molecule has 0 aromatic heterocycles. The highest BCUT2D eigenvalue weighted by atomic mass is 35.5. The Morgan fingerprint density at radius 2 is 1.96 bits per heavy atom. The zero-order valence-corrected chi connectivity index (χ0v) is 15.1. The fraction of sp³-hybridized carbons (Fsp3) is 0.529. The predicted octanol–water partition coefficient (Wildman–Crippen LogP) is 2.75. The van der Waals surface area contributed by atoms with E-state index in [0.29, 0.717) is 37.8 Å². The Bertz CT molecular complexity index is 601. The molecule has 1 fully saturated rings. The minimum absolute atomic E-state index is 0.0787. The first-order valence-corrected chi connectivity index (χ1v) is 8.53. The summed E-state index contributed by atoms with van der Waals surface area (Å²) in [7, 11) is 0. The van der Waals surface area contributed by atoms with Gasteiger partial charge < -0.3 is 15.0 Å². The van der Waals surface area contributed by atoms with Crippen LogP contribution in [0.2, 0.25) is 5.02 Å². The Labute approximate surface area is 147 Å². The zero-order chi connectivity index (χ0) is 17.7. The Morgan fingerprint density at radius 1 is 1.29 bits per heavy atom. The summed E-state index contributed by atoms with van der Waals surface area (Å²) in [6.07, 6.45) is -0.288. The molecule has 6 nitrogen and oxygen atoms in total. The molecule has 0 spiro atoms. The molecule has 1 aliphatic rings. The lowest BCUT2D eigenvalue weighted by Crippen LogP contribution is -2.54. The van der Waals surface area contributed by atoms with Gasteiger partial charge in [0.15, 0.2) is 0 Å². The van der Waals surface area contributed by atoms with Crippen LogP contribution in [0.15, 0.2) is 18.2 Å². The number of halogens is 1. The Morgan fingerprint density at radius 3 is 2.58 bits per heavy atom. The van der Waals surface area contributed by atoms with Gasteiger partial charge in [-0.25, -0.2) is 4.79 Å². The van der Waals surface area contributed by atoms with E-state index in [4.69, 9.17) is 16.3 Å². The summed E-state index contributed by atoms with van der Waals surface area (Å²) < 4.78 is 5.00. The average Bonchev–Trinajstić information content (AvgIpc) is 2.57. The van der Waals surface area contributed by atoms with Crippen molar-refractivity contribution in [1.29, 1.82) is 0 Å². The molecule has 0 aliphatic carbocycles. The zero-order valence-electron chi connectivity index (χ0n) is 14.3. The van der Waals surface area contributed by atoms with Crippen LogP contribution in [0.1, 0.15) is 19.4 Å². The smallest absolute Gasteiger partial charge is 0.409 e. The van der Waals surface area contributed by atoms with E-state index in [2.05, 4.69) is 10.2 Å². The highest BCUT2D eigenvalue weighted by molar-refractivity contribution is 6.31. The van der Waals surface area contributed by atoms with Crippen LogP contribution in [0.4, 0.5) is 10.5 Å².